The SMILES string of the molecule is CC(=O)O[C@H]1C2[C@@H](C(=O)NCc3cccnc3)N(Cc3cccc(C#Cc4ccccc4)c3)O[C@@]2(C(N)O)C[C@@H]2O[C@@H]21. The van der Waals surface area contributed by atoms with Crippen LogP contribution in [0.3, 0.4) is 0 Å². The average molecular weight is 569 g/mol. The number of carbonyl (C=O) groups is 2. The molecule has 3 heterocycles. The molecule has 2 unspecified atom stereocenters. The van der Waals surface area contributed by atoms with Crippen LogP contribution in [0.2, 0.25) is 0 Å². The van der Waals surface area contributed by atoms with E-state index in [1.807, 2.05) is 60.7 Å². The van der Waals surface area contributed by atoms with Crippen molar-refractivity contribution >= 4 is 11.9 Å². The van der Waals surface area contributed by atoms with E-state index in [0.29, 0.717) is 0 Å². The predicted molar refractivity (Wildman–Crippen MR) is 151 cm³/mol. The molecule has 10 heteroatoms. The monoisotopic (exact) mass is 568 g/mol. The highest BCUT2D eigenvalue weighted by atomic mass is 16.7. The van der Waals surface area contributed by atoms with Gasteiger partial charge in [-0.15, -0.1) is 0 Å². The number of amides is 1. The Morgan fingerprint density at radius 1 is 1.14 bits per heavy atom. The molecule has 1 saturated carbocycles. The number of epoxide rings is 1. The number of hydrogen-bond donors (Lipinski definition) is 3. The topological polar surface area (TPSA) is 140 Å². The molecule has 7 atom stereocenters. The lowest BCUT2D eigenvalue weighted by Crippen LogP contribution is -2.63. The molecule has 3 aromatic rings. The highest BCUT2D eigenvalue weighted by Crippen LogP contribution is 2.55. The first-order chi connectivity index (χ1) is 20.3. The van der Waals surface area contributed by atoms with Gasteiger partial charge in [-0.1, -0.05) is 48.2 Å². The lowest BCUT2D eigenvalue weighted by atomic mass is 9.69. The number of nitrogens with zero attached hydrogens (tertiary/aromatic N) is 2. The Hall–Kier alpha value is -4.11. The largest absolute Gasteiger partial charge is 0.459 e. The lowest BCUT2D eigenvalue weighted by Gasteiger charge is -2.41. The highest BCUT2D eigenvalue weighted by molar-refractivity contribution is 5.83. The summed E-state index contributed by atoms with van der Waals surface area (Å²) in [4.78, 5) is 36.7. The summed E-state index contributed by atoms with van der Waals surface area (Å²) in [5.74, 6) is 4.68. The number of pyridine rings is 1. The Morgan fingerprint density at radius 3 is 2.64 bits per heavy atom. The molecular formula is C32H32N4O6. The number of hydrogen-bond acceptors (Lipinski definition) is 9. The van der Waals surface area contributed by atoms with Crippen molar-refractivity contribution in [2.75, 3.05) is 0 Å². The van der Waals surface area contributed by atoms with Crippen LogP contribution >= 0.6 is 0 Å². The molecule has 216 valence electrons. The molecule has 2 aliphatic heterocycles. The van der Waals surface area contributed by atoms with Gasteiger partial charge in [0.25, 0.3) is 0 Å². The van der Waals surface area contributed by atoms with Gasteiger partial charge in [-0.2, -0.15) is 5.06 Å². The Labute approximate surface area is 243 Å². The standard InChI is InChI=1S/C32H32N4O6/c1-20(37)40-29-26-27(30(38)35-18-24-11-6-14-34-17-24)36(42-32(26,31(33)39)16-25-28(29)41-25)19-23-10-5-9-22(15-23)13-12-21-7-3-2-4-8-21/h2-11,14-15,17,25-29,31,39H,16,18-19,33H2,1H3,(H,35,38)/t25-,26?,27-,28-,29-,31?,32-/m0/s1. The number of benzene rings is 2. The second kappa shape index (κ2) is 11.6. The minimum absolute atomic E-state index is 0.194. The van der Waals surface area contributed by atoms with E-state index in [2.05, 4.69) is 22.1 Å². The van der Waals surface area contributed by atoms with E-state index in [4.69, 9.17) is 20.0 Å². The first kappa shape index (κ1) is 28.0. The van der Waals surface area contributed by atoms with Crippen molar-refractivity contribution in [2.24, 2.45) is 11.7 Å². The van der Waals surface area contributed by atoms with Crippen molar-refractivity contribution in [3.63, 3.8) is 0 Å². The number of nitrogens with one attached hydrogen (secondary N) is 1. The summed E-state index contributed by atoms with van der Waals surface area (Å²) in [5.41, 5.74) is 8.12. The predicted octanol–water partition coefficient (Wildman–Crippen LogP) is 1.65. The van der Waals surface area contributed by atoms with Gasteiger partial charge in [0, 0.05) is 43.4 Å². The molecule has 0 spiro atoms. The van der Waals surface area contributed by atoms with Gasteiger partial charge in [0.2, 0.25) is 5.91 Å². The molecule has 3 fully saturated rings. The number of aromatic nitrogens is 1. The van der Waals surface area contributed by atoms with Crippen molar-refractivity contribution in [3.8, 4) is 11.8 Å². The van der Waals surface area contributed by atoms with Crippen LogP contribution in [0.1, 0.15) is 35.6 Å². The first-order valence-electron chi connectivity index (χ1n) is 13.9. The van der Waals surface area contributed by atoms with E-state index in [0.717, 1.165) is 22.3 Å². The van der Waals surface area contributed by atoms with Crippen LogP contribution in [0.5, 0.6) is 0 Å². The van der Waals surface area contributed by atoms with E-state index in [-0.39, 0.29) is 31.5 Å². The maximum atomic E-state index is 13.9. The minimum atomic E-state index is -1.47. The summed E-state index contributed by atoms with van der Waals surface area (Å²) in [6.45, 7) is 1.73. The van der Waals surface area contributed by atoms with E-state index in [1.165, 1.54) is 6.92 Å². The van der Waals surface area contributed by atoms with Crippen molar-refractivity contribution in [3.05, 3.63) is 101 Å². The third kappa shape index (κ3) is 5.66. The molecule has 1 aromatic heterocycles. The average Bonchev–Trinajstić information content (AvgIpc) is 3.68. The molecule has 0 bridgehead atoms. The van der Waals surface area contributed by atoms with Crippen LogP contribution in [0, 0.1) is 17.8 Å². The zero-order valence-electron chi connectivity index (χ0n) is 23.1. The lowest BCUT2D eigenvalue weighted by molar-refractivity contribution is -0.250. The molecule has 0 radical (unpaired) electrons. The van der Waals surface area contributed by atoms with Crippen LogP contribution < -0.4 is 11.1 Å². The third-order valence-electron chi connectivity index (χ3n) is 7.97. The number of aliphatic hydroxyl groups is 1. The maximum absolute atomic E-state index is 13.9. The summed E-state index contributed by atoms with van der Waals surface area (Å²) in [5, 5.41) is 15.4. The highest BCUT2D eigenvalue weighted by Gasteiger charge is 2.72. The van der Waals surface area contributed by atoms with E-state index < -0.39 is 42.0 Å². The Bertz CT molecular complexity index is 1510. The second-order valence-corrected chi connectivity index (χ2v) is 10.8. The number of carbonyl (C=O) groups excluding carboxylic acids is 2. The molecule has 3 aliphatic rings. The molecular weight excluding hydrogens is 536 g/mol. The number of hydroxylamine groups is 2. The van der Waals surface area contributed by atoms with Crippen molar-refractivity contribution in [1.29, 1.82) is 0 Å². The van der Waals surface area contributed by atoms with Gasteiger partial charge in [-0.3, -0.25) is 19.4 Å². The van der Waals surface area contributed by atoms with Crippen LogP contribution in [-0.2, 0) is 37.0 Å². The molecule has 2 saturated heterocycles. The first-order valence-corrected chi connectivity index (χ1v) is 13.9. The Morgan fingerprint density at radius 2 is 1.90 bits per heavy atom. The Balaban J connectivity index is 1.32. The smallest absolute Gasteiger partial charge is 0.303 e. The number of nitrogens with two attached hydrogens (primary N) is 1. The molecule has 4 N–H and O–H groups in total. The third-order valence-corrected chi connectivity index (χ3v) is 7.97. The second-order valence-electron chi connectivity index (χ2n) is 10.8. The van der Waals surface area contributed by atoms with Gasteiger partial charge in [0.05, 0.1) is 18.6 Å². The molecule has 6 rings (SSSR count). The van der Waals surface area contributed by atoms with E-state index in [9.17, 15) is 14.7 Å². The van der Waals surface area contributed by atoms with Crippen LogP contribution in [-0.4, -0.2) is 63.2 Å². The summed E-state index contributed by atoms with van der Waals surface area (Å²) in [7, 11) is 0. The van der Waals surface area contributed by atoms with E-state index >= 15 is 0 Å². The normalized spacial score (nSPS) is 28.4. The summed E-state index contributed by atoms with van der Waals surface area (Å²) in [6, 6.07) is 20.0. The Kier molecular flexibility index (Phi) is 7.77. The summed E-state index contributed by atoms with van der Waals surface area (Å²) in [6.07, 6.45) is 0.575. The maximum Gasteiger partial charge on any atom is 0.303 e. The summed E-state index contributed by atoms with van der Waals surface area (Å²) >= 11 is 0. The zero-order chi connectivity index (χ0) is 29.3. The fourth-order valence-electron chi connectivity index (χ4n) is 6.06. The number of rotatable bonds is 7. The van der Waals surface area contributed by atoms with E-state index in [1.54, 1.807) is 23.5 Å². The van der Waals surface area contributed by atoms with Crippen molar-refractivity contribution in [1.82, 2.24) is 15.4 Å². The van der Waals surface area contributed by atoms with Gasteiger partial charge in [-0.25, -0.2) is 0 Å². The van der Waals surface area contributed by atoms with Gasteiger partial charge in [0.15, 0.2) is 0 Å². The fraction of sp³-hybridized carbons (Fsp3) is 0.344. The number of fused-ring (bicyclic) bond motifs is 2. The molecule has 1 amide bonds. The quantitative estimate of drug-likeness (QED) is 0.168. The van der Waals surface area contributed by atoms with Crippen LogP contribution in [0.4, 0.5) is 0 Å². The number of aliphatic hydroxyl groups excluding tert-OH is 1. The fourth-order valence-corrected chi connectivity index (χ4v) is 6.06. The zero-order valence-corrected chi connectivity index (χ0v) is 23.1. The number of ether oxygens (including phenoxy) is 2. The molecule has 42 heavy (non-hydrogen) atoms. The number of esters is 1. The van der Waals surface area contributed by atoms with Crippen molar-refractivity contribution < 1.29 is 29.0 Å². The van der Waals surface area contributed by atoms with Gasteiger partial charge in [0.1, 0.15) is 30.1 Å². The van der Waals surface area contributed by atoms with Crippen LogP contribution in [0.15, 0.2) is 79.1 Å². The van der Waals surface area contributed by atoms with Crippen molar-refractivity contribution in [2.45, 2.75) is 62.6 Å². The summed E-state index contributed by atoms with van der Waals surface area (Å²) < 4.78 is 11.5. The van der Waals surface area contributed by atoms with Gasteiger partial charge >= 0.3 is 5.97 Å². The molecule has 2 aromatic carbocycles. The van der Waals surface area contributed by atoms with Gasteiger partial charge < -0.3 is 25.6 Å². The minimum Gasteiger partial charge on any atom is -0.459 e. The molecule has 1 aliphatic carbocycles. The van der Waals surface area contributed by atoms with Gasteiger partial charge in [-0.05, 0) is 41.5 Å². The van der Waals surface area contributed by atoms with Crippen LogP contribution in [0.25, 0.3) is 0 Å². The molecule has 10 nitrogen and oxygen atoms in total.